The van der Waals surface area contributed by atoms with Crippen LogP contribution in [-0.2, 0) is 20.2 Å². The molecule has 24 heavy (non-hydrogen) atoms. The summed E-state index contributed by atoms with van der Waals surface area (Å²) in [4.78, 5) is -2.07. The second-order valence-electron chi connectivity index (χ2n) is 4.33. The third-order valence-electron chi connectivity index (χ3n) is 2.78. The predicted molar refractivity (Wildman–Crippen MR) is 89.7 cm³/mol. The van der Waals surface area contributed by atoms with Gasteiger partial charge in [-0.05, 0) is 17.2 Å². The minimum atomic E-state index is -5.13. The van der Waals surface area contributed by atoms with Crippen molar-refractivity contribution in [2.24, 2.45) is 0 Å². The highest BCUT2D eigenvalue weighted by Crippen LogP contribution is 2.26. The van der Waals surface area contributed by atoms with E-state index in [9.17, 15) is 25.9 Å². The zero-order valence-corrected chi connectivity index (χ0v) is 14.7. The van der Waals surface area contributed by atoms with E-state index >= 15 is 0 Å². The maximum atomic E-state index is 11.3. The van der Waals surface area contributed by atoms with Crippen molar-refractivity contribution >= 4 is 32.4 Å². The summed E-state index contributed by atoms with van der Waals surface area (Å²) in [7, 11) is -10.2. The van der Waals surface area contributed by atoms with Crippen LogP contribution in [0.2, 0.25) is 0 Å². The molecule has 0 aliphatic carbocycles. The third kappa shape index (κ3) is 5.23. The van der Waals surface area contributed by atoms with E-state index in [1.165, 1.54) is 24.3 Å². The lowest BCUT2D eigenvalue weighted by Gasteiger charge is -2.17. The van der Waals surface area contributed by atoms with E-state index in [2.05, 4.69) is 0 Å². The molecule has 2 aromatic carbocycles. The molecule has 0 aliphatic heterocycles. The van der Waals surface area contributed by atoms with E-state index in [4.69, 9.17) is 0 Å². The van der Waals surface area contributed by atoms with Gasteiger partial charge in [-0.2, -0.15) is 0 Å². The third-order valence-corrected chi connectivity index (χ3v) is 4.75. The van der Waals surface area contributed by atoms with Crippen LogP contribution in [0.1, 0.15) is 11.1 Å². The topological polar surface area (TPSA) is 187 Å². The Hall–Kier alpha value is -2.08. The van der Waals surface area contributed by atoms with Crippen molar-refractivity contribution in [3.8, 4) is 0 Å². The minimum absolute atomic E-state index is 0. The first-order valence-corrected chi connectivity index (χ1v) is 8.79. The van der Waals surface area contributed by atoms with Crippen molar-refractivity contribution in [3.05, 3.63) is 59.7 Å². The molecule has 0 fully saturated rings. The van der Waals surface area contributed by atoms with Crippen molar-refractivity contribution in [2.45, 2.75) is 9.79 Å². The number of rotatable bonds is 4. The molecule has 0 atom stereocenters. The van der Waals surface area contributed by atoms with Crippen LogP contribution < -0.4 is 12.3 Å². The van der Waals surface area contributed by atoms with E-state index in [-0.39, 0.29) is 17.9 Å². The predicted octanol–water partition coefficient (Wildman–Crippen LogP) is 2.42. The average Bonchev–Trinajstić information content (AvgIpc) is 2.44. The van der Waals surface area contributed by atoms with Gasteiger partial charge in [0.05, 0.1) is 9.79 Å². The first-order chi connectivity index (χ1) is 10.2. The molecule has 2 rings (SSSR count). The Morgan fingerprint density at radius 1 is 0.708 bits per heavy atom. The normalized spacial score (nSPS) is 11.6. The van der Waals surface area contributed by atoms with Crippen molar-refractivity contribution < 1.29 is 25.9 Å². The molecule has 0 aromatic heterocycles. The summed E-state index contributed by atoms with van der Waals surface area (Å²) in [5, 5.41) is 0. The number of quaternary nitrogens is 2. The fraction of sp³-hybridized carbons (Fsp3) is 0. The SMILES string of the molecule is O=S(=O)([O-])c1cccc(C=Cc2ccccc2)c1S(=O)(=O)[O-].[NH4+].[NH4+]. The summed E-state index contributed by atoms with van der Waals surface area (Å²) in [6, 6.07) is 12.0. The molecular weight excluding hydrogens is 356 g/mol. The molecule has 0 amide bonds. The zero-order chi connectivity index (χ0) is 16.4. The van der Waals surface area contributed by atoms with Crippen LogP contribution in [0.15, 0.2) is 58.3 Å². The van der Waals surface area contributed by atoms with Crippen LogP contribution in [-0.4, -0.2) is 25.9 Å². The van der Waals surface area contributed by atoms with Gasteiger partial charge in [-0.1, -0.05) is 54.6 Å². The summed E-state index contributed by atoms with van der Waals surface area (Å²) >= 11 is 0. The Kier molecular flexibility index (Phi) is 7.44. The quantitative estimate of drug-likeness (QED) is 0.610. The Balaban J connectivity index is 0.00000264. The lowest BCUT2D eigenvalue weighted by atomic mass is 10.1. The first kappa shape index (κ1) is 21.9. The summed E-state index contributed by atoms with van der Waals surface area (Å²) in [6.07, 6.45) is 2.78. The van der Waals surface area contributed by atoms with E-state index < -0.39 is 30.0 Å². The maximum Gasteiger partial charge on any atom is 0.126 e. The molecule has 132 valence electrons. The van der Waals surface area contributed by atoms with E-state index in [1.54, 1.807) is 30.3 Å². The smallest absolute Gasteiger partial charge is 0.126 e. The number of hydrogen-bond acceptors (Lipinski definition) is 6. The lowest BCUT2D eigenvalue weighted by molar-refractivity contribution is 0.446. The van der Waals surface area contributed by atoms with Gasteiger partial charge in [-0.15, -0.1) is 0 Å². The molecule has 0 saturated heterocycles. The molecule has 0 radical (unpaired) electrons. The second kappa shape index (κ2) is 8.15. The van der Waals surface area contributed by atoms with E-state index in [0.29, 0.717) is 5.56 Å². The Morgan fingerprint density at radius 3 is 1.79 bits per heavy atom. The van der Waals surface area contributed by atoms with Gasteiger partial charge in [0.15, 0.2) is 0 Å². The standard InChI is InChI=1S/C14H12O6S2.2H3N/c15-21(16,17)13-8-4-7-12(14(13)22(18,19)20)10-9-11-5-2-1-3-6-11;;/h1-10H,(H,15,16,17)(H,18,19,20);2*1H3. The van der Waals surface area contributed by atoms with Crippen LogP contribution in [0.25, 0.3) is 12.2 Å². The van der Waals surface area contributed by atoms with Gasteiger partial charge in [-0.3, -0.25) is 0 Å². The Morgan fingerprint density at radius 2 is 1.29 bits per heavy atom. The van der Waals surface area contributed by atoms with E-state index in [0.717, 1.165) is 6.07 Å². The number of hydrogen-bond donors (Lipinski definition) is 2. The Labute approximate surface area is 140 Å². The van der Waals surface area contributed by atoms with Gasteiger partial charge in [0.25, 0.3) is 0 Å². The molecule has 0 unspecified atom stereocenters. The van der Waals surface area contributed by atoms with Crippen LogP contribution in [0.5, 0.6) is 0 Å². The highest BCUT2D eigenvalue weighted by molar-refractivity contribution is 7.89. The Bertz CT molecular complexity index is 923. The van der Waals surface area contributed by atoms with Crippen LogP contribution in [0.3, 0.4) is 0 Å². The molecule has 0 spiro atoms. The first-order valence-electron chi connectivity index (χ1n) is 5.97. The fourth-order valence-electron chi connectivity index (χ4n) is 1.88. The summed E-state index contributed by atoms with van der Waals surface area (Å²) in [6.45, 7) is 0. The molecule has 8 nitrogen and oxygen atoms in total. The molecule has 0 heterocycles. The largest absolute Gasteiger partial charge is 0.744 e. The van der Waals surface area contributed by atoms with Crippen molar-refractivity contribution in [3.63, 3.8) is 0 Å². The van der Waals surface area contributed by atoms with E-state index in [1.807, 2.05) is 0 Å². The van der Waals surface area contributed by atoms with Gasteiger partial charge in [-0.25, -0.2) is 16.8 Å². The monoisotopic (exact) mass is 374 g/mol. The molecule has 0 saturated carbocycles. The van der Waals surface area contributed by atoms with Crippen LogP contribution in [0.4, 0.5) is 0 Å². The molecule has 8 N–H and O–H groups in total. The highest BCUT2D eigenvalue weighted by atomic mass is 32.2. The summed E-state index contributed by atoms with van der Waals surface area (Å²) in [5.74, 6) is 0. The maximum absolute atomic E-state index is 11.3. The molecular formula is C14H18N2O6S2. The van der Waals surface area contributed by atoms with Crippen molar-refractivity contribution in [1.29, 1.82) is 0 Å². The van der Waals surface area contributed by atoms with Gasteiger partial charge in [0, 0.05) is 0 Å². The molecule has 2 aromatic rings. The zero-order valence-electron chi connectivity index (χ0n) is 13.0. The van der Waals surface area contributed by atoms with Crippen LogP contribution in [0, 0.1) is 0 Å². The molecule has 10 heteroatoms. The summed E-state index contributed by atoms with van der Waals surface area (Å²) in [5.41, 5.74) is 0.558. The van der Waals surface area contributed by atoms with Gasteiger partial charge in [0.1, 0.15) is 20.2 Å². The fourth-order valence-corrected chi connectivity index (χ4v) is 3.82. The van der Waals surface area contributed by atoms with Crippen LogP contribution >= 0.6 is 0 Å². The molecule has 0 aliphatic rings. The van der Waals surface area contributed by atoms with Crippen molar-refractivity contribution in [1.82, 2.24) is 12.3 Å². The molecule has 0 bridgehead atoms. The lowest BCUT2D eigenvalue weighted by Crippen LogP contribution is -2.10. The van der Waals surface area contributed by atoms with Crippen molar-refractivity contribution in [2.75, 3.05) is 0 Å². The van der Waals surface area contributed by atoms with Gasteiger partial charge < -0.3 is 21.4 Å². The second-order valence-corrected chi connectivity index (χ2v) is 6.99. The van der Waals surface area contributed by atoms with Gasteiger partial charge in [0.2, 0.25) is 0 Å². The van der Waals surface area contributed by atoms with Gasteiger partial charge >= 0.3 is 0 Å². The average molecular weight is 374 g/mol. The highest BCUT2D eigenvalue weighted by Gasteiger charge is 2.17. The summed E-state index contributed by atoms with van der Waals surface area (Å²) < 4.78 is 67.5. The minimum Gasteiger partial charge on any atom is -0.744 e. The number of benzene rings is 2.